The van der Waals surface area contributed by atoms with E-state index in [4.69, 9.17) is 9.47 Å². The first kappa shape index (κ1) is 15.9. The van der Waals surface area contributed by atoms with Crippen LogP contribution in [0.5, 0.6) is 11.5 Å². The SMILES string of the molecule is O=C(CCc1cccnc1)N(Cc1ccc2c(c1)OCCO2)C1CC1. The summed E-state index contributed by atoms with van der Waals surface area (Å²) in [5.74, 6) is 1.78. The molecule has 5 heteroatoms. The fourth-order valence-electron chi connectivity index (χ4n) is 3.13. The normalized spacial score (nSPS) is 15.7. The van der Waals surface area contributed by atoms with Crippen molar-refractivity contribution < 1.29 is 14.3 Å². The average molecular weight is 338 g/mol. The molecular weight excluding hydrogens is 316 g/mol. The minimum Gasteiger partial charge on any atom is -0.486 e. The summed E-state index contributed by atoms with van der Waals surface area (Å²) in [5.41, 5.74) is 2.19. The van der Waals surface area contributed by atoms with Crippen LogP contribution < -0.4 is 9.47 Å². The van der Waals surface area contributed by atoms with Crippen molar-refractivity contribution in [1.82, 2.24) is 9.88 Å². The fraction of sp³-hybridized carbons (Fsp3) is 0.400. The average Bonchev–Trinajstić information content (AvgIpc) is 3.50. The number of aromatic nitrogens is 1. The van der Waals surface area contributed by atoms with E-state index in [1.54, 1.807) is 6.20 Å². The van der Waals surface area contributed by atoms with Crippen LogP contribution in [0.15, 0.2) is 42.7 Å². The Balaban J connectivity index is 1.42. The maximum Gasteiger partial charge on any atom is 0.223 e. The number of ether oxygens (including phenoxy) is 2. The molecule has 1 fully saturated rings. The van der Waals surface area contributed by atoms with Gasteiger partial charge in [0.2, 0.25) is 5.91 Å². The van der Waals surface area contributed by atoms with Crippen molar-refractivity contribution in [3.05, 3.63) is 53.9 Å². The van der Waals surface area contributed by atoms with Crippen LogP contribution >= 0.6 is 0 Å². The highest BCUT2D eigenvalue weighted by atomic mass is 16.6. The van der Waals surface area contributed by atoms with Gasteiger partial charge in [-0.05, 0) is 48.6 Å². The molecule has 1 aromatic carbocycles. The summed E-state index contributed by atoms with van der Waals surface area (Å²) in [6.07, 6.45) is 7.04. The van der Waals surface area contributed by atoms with Gasteiger partial charge >= 0.3 is 0 Å². The lowest BCUT2D eigenvalue weighted by atomic mass is 10.1. The highest BCUT2D eigenvalue weighted by Crippen LogP contribution is 2.33. The standard InChI is InChI=1S/C20H22N2O3/c23-20(8-4-15-2-1-9-21-13-15)22(17-5-6-17)14-16-3-7-18-19(12-16)25-11-10-24-18/h1-3,7,9,12-13,17H,4-6,8,10-11,14H2. The predicted molar refractivity (Wildman–Crippen MR) is 93.6 cm³/mol. The highest BCUT2D eigenvalue weighted by Gasteiger charge is 2.32. The van der Waals surface area contributed by atoms with Gasteiger partial charge < -0.3 is 14.4 Å². The second-order valence-electron chi connectivity index (χ2n) is 6.59. The molecule has 1 aliphatic carbocycles. The van der Waals surface area contributed by atoms with Gasteiger partial charge in [-0.2, -0.15) is 0 Å². The number of hydrogen-bond acceptors (Lipinski definition) is 4. The van der Waals surface area contributed by atoms with Crippen molar-refractivity contribution in [2.75, 3.05) is 13.2 Å². The topological polar surface area (TPSA) is 51.7 Å². The minimum absolute atomic E-state index is 0.209. The van der Waals surface area contributed by atoms with Crippen molar-refractivity contribution >= 4 is 5.91 Å². The van der Waals surface area contributed by atoms with E-state index in [0.29, 0.717) is 32.2 Å². The van der Waals surface area contributed by atoms with Crippen LogP contribution in [0.1, 0.15) is 30.4 Å². The summed E-state index contributed by atoms with van der Waals surface area (Å²) < 4.78 is 11.2. The molecule has 1 saturated carbocycles. The number of fused-ring (bicyclic) bond motifs is 1. The van der Waals surface area contributed by atoms with Gasteiger partial charge in [0.1, 0.15) is 13.2 Å². The van der Waals surface area contributed by atoms with Crippen LogP contribution in [0.3, 0.4) is 0 Å². The molecule has 0 unspecified atom stereocenters. The molecule has 0 atom stereocenters. The molecule has 4 rings (SSSR count). The Bertz CT molecular complexity index is 744. The van der Waals surface area contributed by atoms with Crippen molar-refractivity contribution in [3.8, 4) is 11.5 Å². The first-order valence-electron chi connectivity index (χ1n) is 8.86. The number of pyridine rings is 1. The number of nitrogens with zero attached hydrogens (tertiary/aromatic N) is 2. The van der Waals surface area contributed by atoms with E-state index >= 15 is 0 Å². The Kier molecular flexibility index (Phi) is 4.55. The van der Waals surface area contributed by atoms with Gasteiger partial charge in [0.05, 0.1) is 0 Å². The lowest BCUT2D eigenvalue weighted by Crippen LogP contribution is -2.32. The monoisotopic (exact) mass is 338 g/mol. The summed E-state index contributed by atoms with van der Waals surface area (Å²) in [4.78, 5) is 18.9. The van der Waals surface area contributed by atoms with Gasteiger partial charge in [0.25, 0.3) is 0 Å². The summed E-state index contributed by atoms with van der Waals surface area (Å²) in [6, 6.07) is 10.3. The third-order valence-electron chi connectivity index (χ3n) is 4.62. The van der Waals surface area contributed by atoms with Crippen LogP contribution in [0, 0.1) is 0 Å². The van der Waals surface area contributed by atoms with Crippen LogP contribution in [-0.4, -0.2) is 35.0 Å². The molecule has 1 amide bonds. The molecule has 0 bridgehead atoms. The lowest BCUT2D eigenvalue weighted by Gasteiger charge is -2.24. The maximum atomic E-state index is 12.7. The zero-order valence-electron chi connectivity index (χ0n) is 14.2. The van der Waals surface area contributed by atoms with Crippen molar-refractivity contribution in [3.63, 3.8) is 0 Å². The van der Waals surface area contributed by atoms with E-state index in [9.17, 15) is 4.79 Å². The molecule has 0 spiro atoms. The van der Waals surface area contributed by atoms with E-state index in [2.05, 4.69) is 4.98 Å². The molecule has 1 aliphatic heterocycles. The number of carbonyl (C=O) groups is 1. The first-order valence-corrected chi connectivity index (χ1v) is 8.86. The van der Waals surface area contributed by atoms with Gasteiger partial charge in [-0.3, -0.25) is 9.78 Å². The molecule has 1 aromatic heterocycles. The number of hydrogen-bond donors (Lipinski definition) is 0. The van der Waals surface area contributed by atoms with Gasteiger partial charge in [0.15, 0.2) is 11.5 Å². The summed E-state index contributed by atoms with van der Waals surface area (Å²) in [7, 11) is 0. The molecule has 25 heavy (non-hydrogen) atoms. The van der Waals surface area contributed by atoms with Gasteiger partial charge in [-0.25, -0.2) is 0 Å². The zero-order valence-corrected chi connectivity index (χ0v) is 14.2. The van der Waals surface area contributed by atoms with E-state index in [1.807, 2.05) is 41.4 Å². The Labute approximate surface area is 147 Å². The van der Waals surface area contributed by atoms with Crippen LogP contribution in [0.2, 0.25) is 0 Å². The van der Waals surface area contributed by atoms with Crippen molar-refractivity contribution in [1.29, 1.82) is 0 Å². The molecule has 2 aliphatic rings. The number of aryl methyl sites for hydroxylation is 1. The molecule has 2 aromatic rings. The molecular formula is C20H22N2O3. The van der Waals surface area contributed by atoms with Gasteiger partial charge in [0, 0.05) is 31.4 Å². The maximum absolute atomic E-state index is 12.7. The van der Waals surface area contributed by atoms with Crippen LogP contribution in [0.25, 0.3) is 0 Å². The zero-order chi connectivity index (χ0) is 17.1. The predicted octanol–water partition coefficient (Wildman–Crippen LogP) is 2.98. The van der Waals surface area contributed by atoms with Crippen LogP contribution in [0.4, 0.5) is 0 Å². The molecule has 0 saturated heterocycles. The van der Waals surface area contributed by atoms with E-state index in [1.165, 1.54) is 0 Å². The van der Waals surface area contributed by atoms with E-state index in [0.717, 1.165) is 41.9 Å². The summed E-state index contributed by atoms with van der Waals surface area (Å²) >= 11 is 0. The number of rotatable bonds is 6. The number of amides is 1. The van der Waals surface area contributed by atoms with Crippen molar-refractivity contribution in [2.24, 2.45) is 0 Å². The molecule has 0 N–H and O–H groups in total. The smallest absolute Gasteiger partial charge is 0.223 e. The van der Waals surface area contributed by atoms with Gasteiger partial charge in [-0.1, -0.05) is 12.1 Å². The molecule has 2 heterocycles. The number of carbonyl (C=O) groups excluding carboxylic acids is 1. The second kappa shape index (κ2) is 7.13. The first-order chi connectivity index (χ1) is 12.3. The second-order valence-corrected chi connectivity index (χ2v) is 6.59. The third-order valence-corrected chi connectivity index (χ3v) is 4.62. The number of benzene rings is 1. The van der Waals surface area contributed by atoms with E-state index in [-0.39, 0.29) is 5.91 Å². The van der Waals surface area contributed by atoms with Gasteiger partial charge in [-0.15, -0.1) is 0 Å². The molecule has 5 nitrogen and oxygen atoms in total. The highest BCUT2D eigenvalue weighted by molar-refractivity contribution is 5.77. The lowest BCUT2D eigenvalue weighted by molar-refractivity contribution is -0.132. The van der Waals surface area contributed by atoms with Crippen LogP contribution in [-0.2, 0) is 17.8 Å². The van der Waals surface area contributed by atoms with E-state index < -0.39 is 0 Å². The summed E-state index contributed by atoms with van der Waals surface area (Å²) in [5, 5.41) is 0. The fourth-order valence-corrected chi connectivity index (χ4v) is 3.13. The Morgan fingerprint density at radius 3 is 2.72 bits per heavy atom. The third kappa shape index (κ3) is 3.92. The minimum atomic E-state index is 0.209. The van der Waals surface area contributed by atoms with Crippen molar-refractivity contribution in [2.45, 2.75) is 38.3 Å². The molecule has 130 valence electrons. The largest absolute Gasteiger partial charge is 0.486 e. The summed E-state index contributed by atoms with van der Waals surface area (Å²) in [6.45, 7) is 1.80. The Hall–Kier alpha value is -2.56. The quantitative estimate of drug-likeness (QED) is 0.812. The Morgan fingerprint density at radius 2 is 1.96 bits per heavy atom. The Morgan fingerprint density at radius 1 is 1.12 bits per heavy atom. The molecule has 0 radical (unpaired) electrons.